The molecule has 106 valence electrons. The number of benzene rings is 2. The maximum Gasteiger partial charge on any atom is 0.148 e. The molecule has 2 aromatic carbocycles. The Morgan fingerprint density at radius 1 is 1.20 bits per heavy atom. The van der Waals surface area contributed by atoms with Crippen LogP contribution in [0.3, 0.4) is 0 Å². The monoisotopic (exact) mass is 274 g/mol. The van der Waals surface area contributed by atoms with E-state index in [1.165, 1.54) is 13.2 Å². The second-order valence-electron chi connectivity index (χ2n) is 4.55. The fourth-order valence-corrected chi connectivity index (χ4v) is 2.15. The van der Waals surface area contributed by atoms with Crippen molar-refractivity contribution < 1.29 is 9.13 Å². The van der Waals surface area contributed by atoms with E-state index in [0.717, 1.165) is 5.56 Å². The van der Waals surface area contributed by atoms with Crippen molar-refractivity contribution in [3.8, 4) is 5.75 Å². The number of halogens is 1. The fraction of sp³-hybridized carbons (Fsp3) is 0.250. The van der Waals surface area contributed by atoms with Crippen LogP contribution < -0.4 is 15.4 Å². The highest BCUT2D eigenvalue weighted by Crippen LogP contribution is 2.31. The van der Waals surface area contributed by atoms with Gasteiger partial charge in [0.15, 0.2) is 0 Å². The first kappa shape index (κ1) is 14.2. The van der Waals surface area contributed by atoms with Crippen LogP contribution in [0.1, 0.15) is 12.5 Å². The second-order valence-corrected chi connectivity index (χ2v) is 4.55. The number of rotatable bonds is 5. The number of anilines is 2. The molecule has 0 fully saturated rings. The zero-order valence-electron chi connectivity index (χ0n) is 11.8. The van der Waals surface area contributed by atoms with E-state index in [9.17, 15) is 4.39 Å². The van der Waals surface area contributed by atoms with E-state index in [0.29, 0.717) is 30.2 Å². The highest BCUT2D eigenvalue weighted by molar-refractivity contribution is 5.63. The summed E-state index contributed by atoms with van der Waals surface area (Å²) >= 11 is 0. The molecular weight excluding hydrogens is 255 g/mol. The Bertz CT molecular complexity index is 572. The Balaban J connectivity index is 2.32. The molecule has 0 aromatic heterocycles. The van der Waals surface area contributed by atoms with Crippen LogP contribution in [0.15, 0.2) is 42.5 Å². The van der Waals surface area contributed by atoms with Crippen LogP contribution in [-0.4, -0.2) is 13.7 Å². The standard InChI is InChI=1S/C16H19FN2O/c1-3-19(11-12-7-5-4-6-8-12)15-10-16(20-2)14(18)9-13(15)17/h4-10H,3,11,18H2,1-2H3. The first-order valence-electron chi connectivity index (χ1n) is 6.57. The van der Waals surface area contributed by atoms with Crippen LogP contribution in [0.5, 0.6) is 5.75 Å². The summed E-state index contributed by atoms with van der Waals surface area (Å²) in [5, 5.41) is 0. The Labute approximate surface area is 118 Å². The zero-order valence-corrected chi connectivity index (χ0v) is 11.8. The highest BCUT2D eigenvalue weighted by Gasteiger charge is 2.14. The molecule has 0 saturated heterocycles. The predicted molar refractivity (Wildman–Crippen MR) is 80.5 cm³/mol. The van der Waals surface area contributed by atoms with Crippen LogP contribution in [0.4, 0.5) is 15.8 Å². The lowest BCUT2D eigenvalue weighted by Crippen LogP contribution is -2.23. The molecule has 0 saturated carbocycles. The molecule has 0 radical (unpaired) electrons. The first-order chi connectivity index (χ1) is 9.65. The molecule has 20 heavy (non-hydrogen) atoms. The van der Waals surface area contributed by atoms with E-state index in [4.69, 9.17) is 10.5 Å². The minimum atomic E-state index is -0.332. The van der Waals surface area contributed by atoms with Crippen molar-refractivity contribution in [2.45, 2.75) is 13.5 Å². The predicted octanol–water partition coefficient (Wildman–Crippen LogP) is 3.44. The number of ether oxygens (including phenoxy) is 1. The van der Waals surface area contributed by atoms with Gasteiger partial charge in [0.05, 0.1) is 18.5 Å². The maximum absolute atomic E-state index is 14.1. The Morgan fingerprint density at radius 3 is 2.50 bits per heavy atom. The van der Waals surface area contributed by atoms with E-state index in [2.05, 4.69) is 0 Å². The third kappa shape index (κ3) is 3.02. The van der Waals surface area contributed by atoms with Gasteiger partial charge in [-0.3, -0.25) is 0 Å². The average Bonchev–Trinajstić information content (AvgIpc) is 2.46. The fourth-order valence-electron chi connectivity index (χ4n) is 2.15. The van der Waals surface area contributed by atoms with E-state index in [-0.39, 0.29) is 5.82 Å². The lowest BCUT2D eigenvalue weighted by molar-refractivity contribution is 0.416. The minimum absolute atomic E-state index is 0.310. The number of hydrogen-bond acceptors (Lipinski definition) is 3. The molecule has 0 aliphatic rings. The van der Waals surface area contributed by atoms with Gasteiger partial charge in [-0.25, -0.2) is 4.39 Å². The zero-order chi connectivity index (χ0) is 14.5. The largest absolute Gasteiger partial charge is 0.495 e. The van der Waals surface area contributed by atoms with Crippen LogP contribution >= 0.6 is 0 Å². The van der Waals surface area contributed by atoms with Gasteiger partial charge in [-0.2, -0.15) is 0 Å². The number of methoxy groups -OCH3 is 1. The number of nitrogens with two attached hydrogens (primary N) is 1. The van der Waals surface area contributed by atoms with Gasteiger partial charge in [0, 0.05) is 25.2 Å². The quantitative estimate of drug-likeness (QED) is 0.849. The Hall–Kier alpha value is -2.23. The molecule has 4 heteroatoms. The van der Waals surface area contributed by atoms with Gasteiger partial charge in [-0.05, 0) is 12.5 Å². The number of hydrogen-bond donors (Lipinski definition) is 1. The van der Waals surface area contributed by atoms with E-state index < -0.39 is 0 Å². The van der Waals surface area contributed by atoms with Crippen LogP contribution in [-0.2, 0) is 6.54 Å². The van der Waals surface area contributed by atoms with Gasteiger partial charge in [-0.1, -0.05) is 30.3 Å². The molecule has 2 aromatic rings. The summed E-state index contributed by atoms with van der Waals surface area (Å²) in [4.78, 5) is 1.95. The van der Waals surface area contributed by atoms with Crippen molar-refractivity contribution in [3.05, 3.63) is 53.8 Å². The van der Waals surface area contributed by atoms with Gasteiger partial charge >= 0.3 is 0 Å². The molecule has 2 rings (SSSR count). The number of nitrogen functional groups attached to an aromatic ring is 1. The topological polar surface area (TPSA) is 38.5 Å². The van der Waals surface area contributed by atoms with Crippen LogP contribution in [0, 0.1) is 5.82 Å². The smallest absolute Gasteiger partial charge is 0.148 e. The van der Waals surface area contributed by atoms with Crippen molar-refractivity contribution in [1.29, 1.82) is 0 Å². The lowest BCUT2D eigenvalue weighted by atomic mass is 10.1. The molecule has 0 aliphatic carbocycles. The second kappa shape index (κ2) is 6.28. The highest BCUT2D eigenvalue weighted by atomic mass is 19.1. The van der Waals surface area contributed by atoms with Crippen molar-refractivity contribution in [3.63, 3.8) is 0 Å². The molecule has 0 atom stereocenters. The van der Waals surface area contributed by atoms with Crippen molar-refractivity contribution in [2.24, 2.45) is 0 Å². The SMILES string of the molecule is CCN(Cc1ccccc1)c1cc(OC)c(N)cc1F. The van der Waals surface area contributed by atoms with Gasteiger partial charge in [0.25, 0.3) is 0 Å². The van der Waals surface area contributed by atoms with Crippen molar-refractivity contribution in [1.82, 2.24) is 0 Å². The molecule has 0 unspecified atom stereocenters. The van der Waals surface area contributed by atoms with Gasteiger partial charge in [0.1, 0.15) is 11.6 Å². The summed E-state index contributed by atoms with van der Waals surface area (Å²) in [6.07, 6.45) is 0. The molecule has 0 spiro atoms. The molecular formula is C16H19FN2O. The molecule has 2 N–H and O–H groups in total. The van der Waals surface area contributed by atoms with Crippen molar-refractivity contribution in [2.75, 3.05) is 24.3 Å². The molecule has 0 aliphatic heterocycles. The van der Waals surface area contributed by atoms with Gasteiger partial charge in [-0.15, -0.1) is 0 Å². The molecule has 0 heterocycles. The summed E-state index contributed by atoms with van der Waals surface area (Å²) in [6, 6.07) is 12.9. The van der Waals surface area contributed by atoms with E-state index in [1.807, 2.05) is 42.2 Å². The lowest BCUT2D eigenvalue weighted by Gasteiger charge is -2.24. The van der Waals surface area contributed by atoms with Gasteiger partial charge in [0.2, 0.25) is 0 Å². The summed E-state index contributed by atoms with van der Waals surface area (Å²) < 4.78 is 19.3. The molecule has 0 bridgehead atoms. The normalized spacial score (nSPS) is 10.3. The summed E-state index contributed by atoms with van der Waals surface area (Å²) in [7, 11) is 1.53. The first-order valence-corrected chi connectivity index (χ1v) is 6.57. The van der Waals surface area contributed by atoms with E-state index in [1.54, 1.807) is 6.07 Å². The minimum Gasteiger partial charge on any atom is -0.495 e. The maximum atomic E-state index is 14.1. The molecule has 3 nitrogen and oxygen atoms in total. The average molecular weight is 274 g/mol. The molecule has 0 amide bonds. The summed E-state index contributed by atoms with van der Waals surface area (Å²) in [5.41, 5.74) is 7.65. The third-order valence-corrected chi connectivity index (χ3v) is 3.24. The van der Waals surface area contributed by atoms with Crippen molar-refractivity contribution >= 4 is 11.4 Å². The Kier molecular flexibility index (Phi) is 4.45. The van der Waals surface area contributed by atoms with Crippen LogP contribution in [0.2, 0.25) is 0 Å². The summed E-state index contributed by atoms with van der Waals surface area (Å²) in [6.45, 7) is 3.32. The van der Waals surface area contributed by atoms with Gasteiger partial charge < -0.3 is 15.4 Å². The number of nitrogens with zero attached hydrogens (tertiary/aromatic N) is 1. The summed E-state index contributed by atoms with van der Waals surface area (Å²) in [5.74, 6) is 0.161. The van der Waals surface area contributed by atoms with E-state index >= 15 is 0 Å². The third-order valence-electron chi connectivity index (χ3n) is 3.24. The Morgan fingerprint density at radius 2 is 1.90 bits per heavy atom. The van der Waals surface area contributed by atoms with Crippen LogP contribution in [0.25, 0.3) is 0 Å².